The van der Waals surface area contributed by atoms with Gasteiger partial charge in [-0.3, -0.25) is 19.7 Å². The van der Waals surface area contributed by atoms with E-state index >= 15 is 0 Å². The summed E-state index contributed by atoms with van der Waals surface area (Å²) in [4.78, 5) is 32.0. The molecular weight excluding hydrogens is 278 g/mol. The minimum atomic E-state index is -1.50. The molecule has 0 saturated carbocycles. The van der Waals surface area contributed by atoms with Crippen LogP contribution in [0.1, 0.15) is 10.4 Å². The second kappa shape index (κ2) is 6.12. The van der Waals surface area contributed by atoms with Crippen molar-refractivity contribution in [3.8, 4) is 0 Å². The van der Waals surface area contributed by atoms with Gasteiger partial charge < -0.3 is 16.2 Å². The number of rotatable bonds is 5. The van der Waals surface area contributed by atoms with Gasteiger partial charge in [-0.15, -0.1) is 0 Å². The van der Waals surface area contributed by atoms with Crippen molar-refractivity contribution in [1.29, 1.82) is 0 Å². The fraction of sp³-hybridized carbons (Fsp3) is 0.200. The summed E-state index contributed by atoms with van der Waals surface area (Å²) in [7, 11) is 0. The third kappa shape index (κ3) is 3.90. The minimum Gasteiger partial charge on any atom is -0.381 e. The molecular formula is C10H10ClN3O5. The van der Waals surface area contributed by atoms with Crippen molar-refractivity contribution in [2.75, 3.05) is 6.54 Å². The normalized spacial score (nSPS) is 11.7. The standard InChI is InChI=1S/C10H10ClN3O5/c11-6-3-5(1-2-7(6)14(18)19)10(17)13-4-8(15)9(12)16/h1-3,8,15H,4H2,(H2,12,16)(H,13,17). The predicted octanol–water partition coefficient (Wildman–Crippen LogP) is -0.176. The van der Waals surface area contributed by atoms with Gasteiger partial charge in [0.05, 0.1) is 11.5 Å². The molecule has 1 aromatic carbocycles. The number of amides is 2. The number of hydrogen-bond acceptors (Lipinski definition) is 5. The van der Waals surface area contributed by atoms with Gasteiger partial charge >= 0.3 is 0 Å². The lowest BCUT2D eigenvalue weighted by Crippen LogP contribution is -2.39. The molecule has 0 radical (unpaired) electrons. The number of aliphatic hydroxyl groups excluding tert-OH is 1. The molecule has 8 nitrogen and oxygen atoms in total. The number of halogens is 1. The highest BCUT2D eigenvalue weighted by Crippen LogP contribution is 2.24. The van der Waals surface area contributed by atoms with Crippen molar-refractivity contribution in [2.45, 2.75) is 6.10 Å². The van der Waals surface area contributed by atoms with Crippen molar-refractivity contribution >= 4 is 29.1 Å². The van der Waals surface area contributed by atoms with E-state index < -0.39 is 22.8 Å². The lowest BCUT2D eigenvalue weighted by Gasteiger charge is -2.08. The zero-order valence-corrected chi connectivity index (χ0v) is 10.3. The Hall–Kier alpha value is -2.19. The number of nitrogens with one attached hydrogen (secondary N) is 1. The quantitative estimate of drug-likeness (QED) is 0.510. The molecule has 0 bridgehead atoms. The minimum absolute atomic E-state index is 0.0623. The van der Waals surface area contributed by atoms with Crippen molar-refractivity contribution in [2.24, 2.45) is 5.73 Å². The molecule has 1 unspecified atom stereocenters. The molecule has 19 heavy (non-hydrogen) atoms. The fourth-order valence-electron chi connectivity index (χ4n) is 1.19. The molecule has 0 saturated heterocycles. The summed E-state index contributed by atoms with van der Waals surface area (Å²) >= 11 is 5.64. The van der Waals surface area contributed by atoms with Crippen LogP contribution >= 0.6 is 11.6 Å². The van der Waals surface area contributed by atoms with Gasteiger partial charge in [-0.2, -0.15) is 0 Å². The zero-order chi connectivity index (χ0) is 14.6. The molecule has 0 aliphatic rings. The Labute approximate surface area is 112 Å². The van der Waals surface area contributed by atoms with E-state index in [0.29, 0.717) is 0 Å². The topological polar surface area (TPSA) is 136 Å². The number of carbonyl (C=O) groups is 2. The second-order valence-electron chi connectivity index (χ2n) is 3.55. The lowest BCUT2D eigenvalue weighted by atomic mass is 10.2. The van der Waals surface area contributed by atoms with Crippen molar-refractivity contribution in [3.05, 3.63) is 38.9 Å². The molecule has 102 valence electrons. The Balaban J connectivity index is 2.76. The van der Waals surface area contributed by atoms with Crippen LogP contribution in [-0.4, -0.2) is 34.5 Å². The highest BCUT2D eigenvalue weighted by molar-refractivity contribution is 6.33. The first kappa shape index (κ1) is 14.9. The largest absolute Gasteiger partial charge is 0.381 e. The number of nitrogens with two attached hydrogens (primary N) is 1. The summed E-state index contributed by atoms with van der Waals surface area (Å²) in [6, 6.07) is 3.41. The molecule has 1 aromatic rings. The molecule has 0 aliphatic carbocycles. The Kier molecular flexibility index (Phi) is 4.79. The molecule has 1 rings (SSSR count). The predicted molar refractivity (Wildman–Crippen MR) is 65.6 cm³/mol. The highest BCUT2D eigenvalue weighted by Gasteiger charge is 2.17. The molecule has 0 aromatic heterocycles. The maximum Gasteiger partial charge on any atom is 0.287 e. The summed E-state index contributed by atoms with van der Waals surface area (Å²) in [6.45, 7) is -0.358. The van der Waals surface area contributed by atoms with Gasteiger partial charge in [-0.1, -0.05) is 11.6 Å². The van der Waals surface area contributed by atoms with Crippen LogP contribution in [0.15, 0.2) is 18.2 Å². The van der Waals surface area contributed by atoms with E-state index in [1.807, 2.05) is 0 Å². The van der Waals surface area contributed by atoms with Crippen LogP contribution in [0.3, 0.4) is 0 Å². The van der Waals surface area contributed by atoms with Crippen LogP contribution in [-0.2, 0) is 4.79 Å². The zero-order valence-electron chi connectivity index (χ0n) is 9.50. The third-order valence-electron chi connectivity index (χ3n) is 2.19. The van der Waals surface area contributed by atoms with Crippen LogP contribution < -0.4 is 11.1 Å². The van der Waals surface area contributed by atoms with E-state index in [4.69, 9.17) is 22.4 Å². The number of nitro groups is 1. The summed E-state index contributed by atoms with van der Waals surface area (Å²) in [5.74, 6) is -1.61. The SMILES string of the molecule is NC(=O)C(O)CNC(=O)c1ccc([N+](=O)[O-])c(Cl)c1. The molecule has 0 fully saturated rings. The van der Waals surface area contributed by atoms with Gasteiger partial charge in [-0.25, -0.2) is 0 Å². The third-order valence-corrected chi connectivity index (χ3v) is 2.49. The first-order valence-electron chi connectivity index (χ1n) is 5.02. The van der Waals surface area contributed by atoms with Crippen LogP contribution in [0.2, 0.25) is 5.02 Å². The van der Waals surface area contributed by atoms with Gasteiger partial charge in [-0.05, 0) is 12.1 Å². The van der Waals surface area contributed by atoms with E-state index in [1.165, 1.54) is 6.07 Å². The monoisotopic (exact) mass is 287 g/mol. The Morgan fingerprint density at radius 2 is 2.16 bits per heavy atom. The van der Waals surface area contributed by atoms with Gasteiger partial charge in [0.15, 0.2) is 0 Å². The van der Waals surface area contributed by atoms with Crippen LogP contribution in [0.4, 0.5) is 5.69 Å². The Morgan fingerprint density at radius 3 is 2.63 bits per heavy atom. The average Bonchev–Trinajstić information content (AvgIpc) is 2.34. The summed E-state index contributed by atoms with van der Waals surface area (Å²) < 4.78 is 0. The molecule has 0 spiro atoms. The van der Waals surface area contributed by atoms with E-state index in [2.05, 4.69) is 5.32 Å². The first-order chi connectivity index (χ1) is 8.82. The maximum absolute atomic E-state index is 11.6. The van der Waals surface area contributed by atoms with Gasteiger partial charge in [0, 0.05) is 11.6 Å². The summed E-state index contributed by atoms with van der Waals surface area (Å²) in [5, 5.41) is 21.7. The van der Waals surface area contributed by atoms with E-state index in [0.717, 1.165) is 12.1 Å². The first-order valence-corrected chi connectivity index (χ1v) is 5.40. The second-order valence-corrected chi connectivity index (χ2v) is 3.96. The molecule has 0 aliphatic heterocycles. The fourth-order valence-corrected chi connectivity index (χ4v) is 1.44. The van der Waals surface area contributed by atoms with Crippen LogP contribution in [0.5, 0.6) is 0 Å². The van der Waals surface area contributed by atoms with Crippen LogP contribution in [0, 0.1) is 10.1 Å². The smallest absolute Gasteiger partial charge is 0.287 e. The number of carbonyl (C=O) groups excluding carboxylic acids is 2. The molecule has 1 atom stereocenters. The summed E-state index contributed by atoms with van der Waals surface area (Å²) in [5.41, 5.74) is 4.54. The van der Waals surface area contributed by atoms with E-state index in [-0.39, 0.29) is 22.8 Å². The Morgan fingerprint density at radius 1 is 1.53 bits per heavy atom. The van der Waals surface area contributed by atoms with Gasteiger partial charge in [0.25, 0.3) is 11.6 Å². The number of hydrogen-bond donors (Lipinski definition) is 3. The number of nitro benzene ring substituents is 1. The number of primary amides is 1. The van der Waals surface area contributed by atoms with Crippen molar-refractivity contribution < 1.29 is 19.6 Å². The highest BCUT2D eigenvalue weighted by atomic mass is 35.5. The lowest BCUT2D eigenvalue weighted by molar-refractivity contribution is -0.384. The Bertz CT molecular complexity index is 534. The maximum atomic E-state index is 11.6. The van der Waals surface area contributed by atoms with Crippen molar-refractivity contribution in [3.63, 3.8) is 0 Å². The number of nitrogens with zero attached hydrogens (tertiary/aromatic N) is 1. The molecule has 4 N–H and O–H groups in total. The molecule has 9 heteroatoms. The van der Waals surface area contributed by atoms with Crippen LogP contribution in [0.25, 0.3) is 0 Å². The van der Waals surface area contributed by atoms with Gasteiger partial charge in [0.2, 0.25) is 5.91 Å². The number of aliphatic hydroxyl groups is 1. The van der Waals surface area contributed by atoms with Gasteiger partial charge in [0.1, 0.15) is 11.1 Å². The van der Waals surface area contributed by atoms with E-state index in [1.54, 1.807) is 0 Å². The number of benzene rings is 1. The summed E-state index contributed by atoms with van der Waals surface area (Å²) in [6.07, 6.45) is -1.50. The molecule has 0 heterocycles. The van der Waals surface area contributed by atoms with Crippen molar-refractivity contribution in [1.82, 2.24) is 5.32 Å². The average molecular weight is 288 g/mol. The molecule has 2 amide bonds. The van der Waals surface area contributed by atoms with E-state index in [9.17, 15) is 19.7 Å².